The Morgan fingerprint density at radius 2 is 1.61 bits per heavy atom. The summed E-state index contributed by atoms with van der Waals surface area (Å²) < 4.78 is 5.84. The number of unbranched alkanes of at least 4 members (excludes halogenated alkanes) is 4. The molecule has 0 saturated carbocycles. The fourth-order valence-corrected chi connectivity index (χ4v) is 5.00. The van der Waals surface area contributed by atoms with Crippen molar-refractivity contribution in [2.75, 3.05) is 37.7 Å². The predicted molar refractivity (Wildman–Crippen MR) is 139 cm³/mol. The highest BCUT2D eigenvalue weighted by Gasteiger charge is 2.28. The second-order valence-corrected chi connectivity index (χ2v) is 9.46. The molecule has 0 aromatic heterocycles. The van der Waals surface area contributed by atoms with Crippen LogP contribution in [0.25, 0.3) is 6.08 Å². The lowest BCUT2D eigenvalue weighted by Crippen LogP contribution is -2.47. The maximum atomic E-state index is 12.5. The van der Waals surface area contributed by atoms with Crippen LogP contribution in [0.1, 0.15) is 44.6 Å². The van der Waals surface area contributed by atoms with Crippen LogP contribution in [0.2, 0.25) is 0 Å². The monoisotopic (exact) mass is 463 g/mol. The van der Waals surface area contributed by atoms with Crippen LogP contribution in [0.15, 0.2) is 64.5 Å². The third kappa shape index (κ3) is 6.64. The molecular formula is C27H33N3O2S. The zero-order valence-electron chi connectivity index (χ0n) is 19.4. The number of para-hydroxylation sites is 1. The highest BCUT2D eigenvalue weighted by atomic mass is 32.2. The molecule has 4 rings (SSSR count). The average Bonchev–Trinajstić information content (AvgIpc) is 3.23. The first kappa shape index (κ1) is 23.4. The highest BCUT2D eigenvalue weighted by molar-refractivity contribution is 8.18. The van der Waals surface area contributed by atoms with Gasteiger partial charge in [0.1, 0.15) is 5.75 Å². The number of rotatable bonds is 9. The number of amides is 1. The van der Waals surface area contributed by atoms with E-state index < -0.39 is 0 Å². The maximum absolute atomic E-state index is 12.5. The van der Waals surface area contributed by atoms with Gasteiger partial charge in [0.2, 0.25) is 0 Å². The SMILES string of the molecule is CCCCCCCOc1ccc(C=C2SC(N3CCN(c4ccccc4)CC3)=NC2=O)cc1. The van der Waals surface area contributed by atoms with Crippen LogP contribution in [0.5, 0.6) is 5.75 Å². The summed E-state index contributed by atoms with van der Waals surface area (Å²) >= 11 is 1.48. The Balaban J connectivity index is 1.25. The number of aliphatic imine (C=N–C) groups is 1. The topological polar surface area (TPSA) is 45.1 Å². The maximum Gasteiger partial charge on any atom is 0.286 e. The number of hydrogen-bond acceptors (Lipinski definition) is 5. The second-order valence-electron chi connectivity index (χ2n) is 8.45. The molecule has 0 aliphatic carbocycles. The van der Waals surface area contributed by atoms with E-state index in [-0.39, 0.29) is 5.91 Å². The predicted octanol–water partition coefficient (Wildman–Crippen LogP) is 5.83. The van der Waals surface area contributed by atoms with Gasteiger partial charge in [-0.2, -0.15) is 4.99 Å². The van der Waals surface area contributed by atoms with Crippen molar-refractivity contribution in [1.29, 1.82) is 0 Å². The normalized spacial score (nSPS) is 17.5. The zero-order chi connectivity index (χ0) is 22.9. The lowest BCUT2D eigenvalue weighted by molar-refractivity contribution is -0.113. The van der Waals surface area contributed by atoms with Gasteiger partial charge in [-0.1, -0.05) is 62.9 Å². The van der Waals surface area contributed by atoms with Crippen molar-refractivity contribution < 1.29 is 9.53 Å². The molecule has 0 N–H and O–H groups in total. The van der Waals surface area contributed by atoms with E-state index in [1.807, 2.05) is 36.4 Å². The van der Waals surface area contributed by atoms with Crippen LogP contribution in [0.3, 0.4) is 0 Å². The summed E-state index contributed by atoms with van der Waals surface area (Å²) in [5.41, 5.74) is 2.24. The standard InChI is InChI=1S/C27H33N3O2S/c1-2-3-4-5-9-20-32-24-14-12-22(13-15-24)21-25-26(31)28-27(33-25)30-18-16-29(17-19-30)23-10-7-6-8-11-23/h6-8,10-15,21H,2-5,9,16-20H2,1H3. The Morgan fingerprint density at radius 3 is 2.33 bits per heavy atom. The van der Waals surface area contributed by atoms with E-state index in [2.05, 4.69) is 46.0 Å². The quantitative estimate of drug-likeness (QED) is 0.346. The molecule has 0 unspecified atom stereocenters. The van der Waals surface area contributed by atoms with Gasteiger partial charge in [-0.25, -0.2) is 0 Å². The van der Waals surface area contributed by atoms with Crippen LogP contribution in [0, 0.1) is 0 Å². The number of amidine groups is 1. The first-order valence-corrected chi connectivity index (χ1v) is 12.8. The minimum atomic E-state index is -0.145. The highest BCUT2D eigenvalue weighted by Crippen LogP contribution is 2.31. The molecule has 174 valence electrons. The third-order valence-electron chi connectivity index (χ3n) is 5.98. The number of anilines is 1. The Kier molecular flexibility index (Phi) is 8.47. The van der Waals surface area contributed by atoms with E-state index in [9.17, 15) is 4.79 Å². The van der Waals surface area contributed by atoms with E-state index >= 15 is 0 Å². The Hall–Kier alpha value is -2.73. The largest absolute Gasteiger partial charge is 0.494 e. The van der Waals surface area contributed by atoms with Gasteiger partial charge in [0.25, 0.3) is 5.91 Å². The van der Waals surface area contributed by atoms with Crippen molar-refractivity contribution in [3.8, 4) is 5.75 Å². The van der Waals surface area contributed by atoms with E-state index in [0.717, 1.165) is 55.7 Å². The summed E-state index contributed by atoms with van der Waals surface area (Å²) in [7, 11) is 0. The molecule has 1 saturated heterocycles. The molecule has 5 nitrogen and oxygen atoms in total. The molecule has 2 aliphatic heterocycles. The van der Waals surface area contributed by atoms with E-state index in [1.165, 1.54) is 43.1 Å². The molecule has 2 aromatic carbocycles. The number of carbonyl (C=O) groups excluding carboxylic acids is 1. The third-order valence-corrected chi connectivity index (χ3v) is 7.02. The van der Waals surface area contributed by atoms with Gasteiger partial charge < -0.3 is 14.5 Å². The molecule has 2 aliphatic rings. The molecule has 0 atom stereocenters. The van der Waals surface area contributed by atoms with Crippen LogP contribution in [-0.4, -0.2) is 48.8 Å². The van der Waals surface area contributed by atoms with Crippen molar-refractivity contribution in [3.05, 3.63) is 65.1 Å². The minimum Gasteiger partial charge on any atom is -0.494 e. The van der Waals surface area contributed by atoms with Gasteiger partial charge in [-0.3, -0.25) is 4.79 Å². The number of benzene rings is 2. The molecule has 2 aromatic rings. The molecule has 2 heterocycles. The Bertz CT molecular complexity index is 965. The summed E-state index contributed by atoms with van der Waals surface area (Å²) in [6.45, 7) is 6.57. The number of hydrogen-bond donors (Lipinski definition) is 0. The molecule has 0 spiro atoms. The molecule has 6 heteroatoms. The fourth-order valence-electron chi connectivity index (χ4n) is 4.04. The number of ether oxygens (including phenoxy) is 1. The Labute approximate surface area is 201 Å². The van der Waals surface area contributed by atoms with Gasteiger partial charge in [0.15, 0.2) is 5.17 Å². The van der Waals surface area contributed by atoms with Gasteiger partial charge in [0.05, 0.1) is 11.5 Å². The molecule has 1 amide bonds. The number of carbonyl (C=O) groups is 1. The number of thioether (sulfide) groups is 1. The number of nitrogens with zero attached hydrogens (tertiary/aromatic N) is 3. The first-order chi connectivity index (χ1) is 16.2. The van der Waals surface area contributed by atoms with Crippen LogP contribution < -0.4 is 9.64 Å². The lowest BCUT2D eigenvalue weighted by Gasteiger charge is -2.36. The van der Waals surface area contributed by atoms with Crippen molar-refractivity contribution in [1.82, 2.24) is 4.90 Å². The second kappa shape index (κ2) is 11.9. The summed E-state index contributed by atoms with van der Waals surface area (Å²) in [5.74, 6) is 0.735. The lowest BCUT2D eigenvalue weighted by atomic mass is 10.2. The summed E-state index contributed by atoms with van der Waals surface area (Å²) in [5, 5.41) is 0.821. The van der Waals surface area contributed by atoms with Gasteiger partial charge in [-0.15, -0.1) is 0 Å². The zero-order valence-corrected chi connectivity index (χ0v) is 20.2. The molecular weight excluding hydrogens is 430 g/mol. The fraction of sp³-hybridized carbons (Fsp3) is 0.407. The van der Waals surface area contributed by atoms with Crippen molar-refractivity contribution in [2.45, 2.75) is 39.0 Å². The average molecular weight is 464 g/mol. The first-order valence-electron chi connectivity index (χ1n) is 12.0. The summed E-state index contributed by atoms with van der Waals surface area (Å²) in [6.07, 6.45) is 8.09. The summed E-state index contributed by atoms with van der Waals surface area (Å²) in [6, 6.07) is 18.4. The van der Waals surface area contributed by atoms with E-state index in [1.54, 1.807) is 0 Å². The summed E-state index contributed by atoms with van der Waals surface area (Å²) in [4.78, 5) is 22.1. The van der Waals surface area contributed by atoms with Crippen LogP contribution in [0.4, 0.5) is 5.69 Å². The van der Waals surface area contributed by atoms with Gasteiger partial charge >= 0.3 is 0 Å². The smallest absolute Gasteiger partial charge is 0.286 e. The molecule has 0 radical (unpaired) electrons. The van der Waals surface area contributed by atoms with Crippen molar-refractivity contribution in [2.24, 2.45) is 4.99 Å². The minimum absolute atomic E-state index is 0.145. The molecule has 0 bridgehead atoms. The van der Waals surface area contributed by atoms with E-state index in [0.29, 0.717) is 4.91 Å². The van der Waals surface area contributed by atoms with Gasteiger partial charge in [0, 0.05) is 31.9 Å². The van der Waals surface area contributed by atoms with E-state index in [4.69, 9.17) is 4.74 Å². The van der Waals surface area contributed by atoms with Crippen LogP contribution in [-0.2, 0) is 4.79 Å². The van der Waals surface area contributed by atoms with Crippen molar-refractivity contribution >= 4 is 34.6 Å². The molecule has 33 heavy (non-hydrogen) atoms. The number of piperazine rings is 1. The van der Waals surface area contributed by atoms with Gasteiger partial charge in [-0.05, 0) is 54.1 Å². The molecule has 1 fully saturated rings. The van der Waals surface area contributed by atoms with Crippen molar-refractivity contribution in [3.63, 3.8) is 0 Å². The van der Waals surface area contributed by atoms with Crippen LogP contribution >= 0.6 is 11.8 Å². The Morgan fingerprint density at radius 1 is 0.909 bits per heavy atom.